The summed E-state index contributed by atoms with van der Waals surface area (Å²) in [5, 5.41) is 3.52. The highest BCUT2D eigenvalue weighted by Gasteiger charge is 2.20. The normalized spacial score (nSPS) is 14.4. The molecule has 2 nitrogen and oxygen atoms in total. The summed E-state index contributed by atoms with van der Waals surface area (Å²) in [6.07, 6.45) is 2.61. The van der Waals surface area contributed by atoms with Crippen molar-refractivity contribution < 1.29 is 9.13 Å². The maximum absolute atomic E-state index is 13.5. The van der Waals surface area contributed by atoms with Crippen LogP contribution in [-0.2, 0) is 13.2 Å². The van der Waals surface area contributed by atoms with Crippen LogP contribution in [0.3, 0.4) is 0 Å². The molecule has 0 spiro atoms. The third kappa shape index (κ3) is 3.83. The van der Waals surface area contributed by atoms with E-state index in [1.54, 1.807) is 13.0 Å². The van der Waals surface area contributed by atoms with Gasteiger partial charge >= 0.3 is 0 Å². The molecule has 2 aromatic rings. The highest BCUT2D eigenvalue weighted by Crippen LogP contribution is 2.25. The molecule has 1 aromatic heterocycles. The van der Waals surface area contributed by atoms with E-state index in [1.165, 1.54) is 34.2 Å². The molecular formula is C17H20FNOS. The molecule has 0 bridgehead atoms. The Kier molecular flexibility index (Phi) is 4.27. The zero-order valence-electron chi connectivity index (χ0n) is 12.4. The van der Waals surface area contributed by atoms with Gasteiger partial charge in [-0.2, -0.15) is 0 Å². The lowest BCUT2D eigenvalue weighted by Crippen LogP contribution is -2.14. The second-order valence-corrected chi connectivity index (χ2v) is 6.99. The van der Waals surface area contributed by atoms with Crippen molar-refractivity contribution in [2.24, 2.45) is 0 Å². The van der Waals surface area contributed by atoms with Crippen molar-refractivity contribution in [3.63, 3.8) is 0 Å². The predicted molar refractivity (Wildman–Crippen MR) is 84.4 cm³/mol. The fourth-order valence-electron chi connectivity index (χ4n) is 2.17. The van der Waals surface area contributed by atoms with E-state index >= 15 is 0 Å². The molecule has 1 saturated carbocycles. The van der Waals surface area contributed by atoms with E-state index in [1.807, 2.05) is 17.4 Å². The SMILES string of the molecule is Cc1ccc(OCc2cc(CNC3CC3)sc2C)cc1F. The summed E-state index contributed by atoms with van der Waals surface area (Å²) in [4.78, 5) is 2.61. The van der Waals surface area contributed by atoms with Crippen molar-refractivity contribution in [2.45, 2.75) is 45.9 Å². The number of ether oxygens (including phenoxy) is 1. The van der Waals surface area contributed by atoms with Gasteiger partial charge in [-0.15, -0.1) is 11.3 Å². The Morgan fingerprint density at radius 2 is 2.10 bits per heavy atom. The fraction of sp³-hybridized carbons (Fsp3) is 0.412. The topological polar surface area (TPSA) is 21.3 Å². The third-order valence-electron chi connectivity index (χ3n) is 3.75. The average molecular weight is 305 g/mol. The van der Waals surface area contributed by atoms with Gasteiger partial charge in [0.1, 0.15) is 18.2 Å². The summed E-state index contributed by atoms with van der Waals surface area (Å²) < 4.78 is 19.2. The minimum atomic E-state index is -0.219. The minimum Gasteiger partial charge on any atom is -0.489 e. The van der Waals surface area contributed by atoms with Gasteiger partial charge in [-0.1, -0.05) is 6.07 Å². The van der Waals surface area contributed by atoms with Crippen molar-refractivity contribution in [3.05, 3.63) is 51.0 Å². The Bertz CT molecular complexity index is 634. The van der Waals surface area contributed by atoms with Crippen LogP contribution in [0.15, 0.2) is 24.3 Å². The highest BCUT2D eigenvalue weighted by atomic mass is 32.1. The molecule has 0 atom stereocenters. The lowest BCUT2D eigenvalue weighted by molar-refractivity contribution is 0.304. The van der Waals surface area contributed by atoms with Crippen LogP contribution in [0.5, 0.6) is 5.75 Å². The smallest absolute Gasteiger partial charge is 0.129 e. The first-order chi connectivity index (χ1) is 10.1. The van der Waals surface area contributed by atoms with E-state index in [4.69, 9.17) is 4.74 Å². The van der Waals surface area contributed by atoms with Crippen molar-refractivity contribution in [3.8, 4) is 5.75 Å². The molecule has 1 aliphatic carbocycles. The van der Waals surface area contributed by atoms with E-state index in [9.17, 15) is 4.39 Å². The molecule has 1 N–H and O–H groups in total. The van der Waals surface area contributed by atoms with Gasteiger partial charge in [0.15, 0.2) is 0 Å². The van der Waals surface area contributed by atoms with Gasteiger partial charge in [-0.3, -0.25) is 0 Å². The Morgan fingerprint density at radius 3 is 2.81 bits per heavy atom. The minimum absolute atomic E-state index is 0.219. The Labute approximate surface area is 129 Å². The number of hydrogen-bond donors (Lipinski definition) is 1. The summed E-state index contributed by atoms with van der Waals surface area (Å²) in [6, 6.07) is 7.93. The largest absolute Gasteiger partial charge is 0.489 e. The summed E-state index contributed by atoms with van der Waals surface area (Å²) in [7, 11) is 0. The van der Waals surface area contributed by atoms with Gasteiger partial charge in [0.05, 0.1) is 0 Å². The lowest BCUT2D eigenvalue weighted by atomic mass is 10.2. The molecule has 0 amide bonds. The maximum atomic E-state index is 13.5. The first-order valence-electron chi connectivity index (χ1n) is 7.32. The number of hydrogen-bond acceptors (Lipinski definition) is 3. The monoisotopic (exact) mass is 305 g/mol. The second kappa shape index (κ2) is 6.16. The van der Waals surface area contributed by atoms with E-state index in [0.29, 0.717) is 17.9 Å². The summed E-state index contributed by atoms with van der Waals surface area (Å²) in [6.45, 7) is 5.30. The van der Waals surface area contributed by atoms with Crippen LogP contribution in [0, 0.1) is 19.7 Å². The van der Waals surface area contributed by atoms with Crippen molar-refractivity contribution >= 4 is 11.3 Å². The Balaban J connectivity index is 1.59. The summed E-state index contributed by atoms with van der Waals surface area (Å²) >= 11 is 1.81. The average Bonchev–Trinajstić information content (AvgIpc) is 3.22. The lowest BCUT2D eigenvalue weighted by Gasteiger charge is -2.06. The molecule has 0 aliphatic heterocycles. The number of aryl methyl sites for hydroxylation is 2. The second-order valence-electron chi connectivity index (χ2n) is 5.65. The van der Waals surface area contributed by atoms with Gasteiger partial charge < -0.3 is 10.1 Å². The summed E-state index contributed by atoms with van der Waals surface area (Å²) in [5.41, 5.74) is 1.83. The van der Waals surface area contributed by atoms with Gasteiger partial charge in [0.25, 0.3) is 0 Å². The van der Waals surface area contributed by atoms with Gasteiger partial charge in [0.2, 0.25) is 0 Å². The van der Waals surface area contributed by atoms with Gasteiger partial charge in [0, 0.05) is 34.0 Å². The number of thiophene rings is 1. The molecule has 1 heterocycles. The number of rotatable bonds is 6. The molecule has 0 unspecified atom stereocenters. The van der Waals surface area contributed by atoms with Crippen LogP contribution >= 0.6 is 11.3 Å². The Morgan fingerprint density at radius 1 is 1.29 bits per heavy atom. The van der Waals surface area contributed by atoms with E-state index in [2.05, 4.69) is 18.3 Å². The standard InChI is InChI=1S/C17H20FNOS/c1-11-3-6-15(8-17(11)18)20-10-13-7-16(21-12(13)2)9-19-14-4-5-14/h3,6-8,14,19H,4-5,9-10H2,1-2H3. The van der Waals surface area contributed by atoms with E-state index in [-0.39, 0.29) is 5.82 Å². The fourth-order valence-corrected chi connectivity index (χ4v) is 3.17. The predicted octanol–water partition coefficient (Wildman–Crippen LogP) is 4.34. The summed E-state index contributed by atoms with van der Waals surface area (Å²) in [5.74, 6) is 0.366. The first kappa shape index (κ1) is 14.5. The molecule has 1 fully saturated rings. The van der Waals surface area contributed by atoms with Crippen molar-refractivity contribution in [1.29, 1.82) is 0 Å². The van der Waals surface area contributed by atoms with Crippen LogP contribution in [0.4, 0.5) is 4.39 Å². The molecule has 3 rings (SSSR count). The zero-order chi connectivity index (χ0) is 14.8. The van der Waals surface area contributed by atoms with Gasteiger partial charge in [-0.25, -0.2) is 4.39 Å². The van der Waals surface area contributed by atoms with Crippen LogP contribution < -0.4 is 10.1 Å². The van der Waals surface area contributed by atoms with Crippen LogP contribution in [-0.4, -0.2) is 6.04 Å². The molecule has 4 heteroatoms. The number of benzene rings is 1. The molecule has 1 aromatic carbocycles. The van der Waals surface area contributed by atoms with Gasteiger partial charge in [-0.05, 0) is 44.4 Å². The van der Waals surface area contributed by atoms with E-state index < -0.39 is 0 Å². The molecule has 21 heavy (non-hydrogen) atoms. The van der Waals surface area contributed by atoms with Crippen molar-refractivity contribution in [2.75, 3.05) is 0 Å². The highest BCUT2D eigenvalue weighted by molar-refractivity contribution is 7.12. The van der Waals surface area contributed by atoms with E-state index in [0.717, 1.165) is 12.6 Å². The molecule has 1 aliphatic rings. The quantitative estimate of drug-likeness (QED) is 0.857. The third-order valence-corrected chi connectivity index (χ3v) is 4.84. The molecule has 0 radical (unpaired) electrons. The molecule has 0 saturated heterocycles. The van der Waals surface area contributed by atoms with Crippen molar-refractivity contribution in [1.82, 2.24) is 5.32 Å². The molecular weight excluding hydrogens is 285 g/mol. The number of nitrogens with one attached hydrogen (secondary N) is 1. The Hall–Kier alpha value is -1.39. The van der Waals surface area contributed by atoms with Crippen LogP contribution in [0.1, 0.15) is 33.7 Å². The molecule has 112 valence electrons. The number of halogens is 1. The van der Waals surface area contributed by atoms with Crippen LogP contribution in [0.25, 0.3) is 0 Å². The first-order valence-corrected chi connectivity index (χ1v) is 8.14. The van der Waals surface area contributed by atoms with Crippen LogP contribution in [0.2, 0.25) is 0 Å². The zero-order valence-corrected chi connectivity index (χ0v) is 13.2. The maximum Gasteiger partial charge on any atom is 0.129 e.